The van der Waals surface area contributed by atoms with E-state index in [2.05, 4.69) is 36.5 Å². The van der Waals surface area contributed by atoms with Crippen molar-refractivity contribution in [2.24, 2.45) is 0 Å². The summed E-state index contributed by atoms with van der Waals surface area (Å²) in [7, 11) is 1.63. The summed E-state index contributed by atoms with van der Waals surface area (Å²) in [6, 6.07) is 22.4. The van der Waals surface area contributed by atoms with Gasteiger partial charge in [0.25, 0.3) is 0 Å². The van der Waals surface area contributed by atoms with Crippen molar-refractivity contribution in [3.63, 3.8) is 0 Å². The third kappa shape index (κ3) is 5.49. The average molecular weight is 382 g/mol. The predicted molar refractivity (Wildman–Crippen MR) is 111 cm³/mol. The van der Waals surface area contributed by atoms with Crippen molar-refractivity contribution in [3.05, 3.63) is 94.0 Å². The first-order valence-corrected chi connectivity index (χ1v) is 9.33. The van der Waals surface area contributed by atoms with Crippen molar-refractivity contribution in [2.75, 3.05) is 7.11 Å². The minimum Gasteiger partial charge on any atom is -0.493 e. The molecular formula is C23H24ClNO2. The summed E-state index contributed by atoms with van der Waals surface area (Å²) < 4.78 is 11.4. The Hall–Kier alpha value is -2.49. The summed E-state index contributed by atoms with van der Waals surface area (Å²) in [6.45, 7) is 4.03. The molecule has 0 fully saturated rings. The zero-order valence-corrected chi connectivity index (χ0v) is 16.4. The Morgan fingerprint density at radius 3 is 2.26 bits per heavy atom. The van der Waals surface area contributed by atoms with E-state index in [4.69, 9.17) is 21.1 Å². The molecule has 0 aromatic heterocycles. The normalized spacial score (nSPS) is 10.6. The molecule has 0 amide bonds. The number of rotatable bonds is 8. The van der Waals surface area contributed by atoms with Crippen LogP contribution in [-0.4, -0.2) is 7.11 Å². The first-order valence-electron chi connectivity index (χ1n) is 8.95. The summed E-state index contributed by atoms with van der Waals surface area (Å²) in [5.41, 5.74) is 4.65. The van der Waals surface area contributed by atoms with Gasteiger partial charge in [-0.25, -0.2) is 0 Å². The van der Waals surface area contributed by atoms with Gasteiger partial charge in [0.2, 0.25) is 0 Å². The fourth-order valence-corrected chi connectivity index (χ4v) is 3.09. The van der Waals surface area contributed by atoms with Gasteiger partial charge in [0.1, 0.15) is 6.61 Å². The number of halogens is 1. The number of hydrogen-bond donors (Lipinski definition) is 1. The number of aryl methyl sites for hydroxylation is 1. The van der Waals surface area contributed by atoms with Gasteiger partial charge in [-0.1, -0.05) is 71.8 Å². The lowest BCUT2D eigenvalue weighted by molar-refractivity contribution is 0.284. The summed E-state index contributed by atoms with van der Waals surface area (Å²) in [4.78, 5) is 0. The van der Waals surface area contributed by atoms with Gasteiger partial charge < -0.3 is 14.8 Å². The molecule has 0 spiro atoms. The number of hydrogen-bond acceptors (Lipinski definition) is 3. The second kappa shape index (κ2) is 9.45. The molecule has 1 N–H and O–H groups in total. The van der Waals surface area contributed by atoms with Gasteiger partial charge in [0.15, 0.2) is 11.5 Å². The lowest BCUT2D eigenvalue weighted by Crippen LogP contribution is -2.13. The van der Waals surface area contributed by atoms with Crippen molar-refractivity contribution in [1.29, 1.82) is 0 Å². The third-order valence-electron chi connectivity index (χ3n) is 4.29. The highest BCUT2D eigenvalue weighted by Crippen LogP contribution is 2.37. The summed E-state index contributed by atoms with van der Waals surface area (Å²) >= 11 is 6.46. The minimum atomic E-state index is 0.446. The first kappa shape index (κ1) is 19.3. The van der Waals surface area contributed by atoms with Gasteiger partial charge in [-0.2, -0.15) is 0 Å². The molecule has 0 unspecified atom stereocenters. The largest absolute Gasteiger partial charge is 0.493 e. The first-order chi connectivity index (χ1) is 13.2. The van der Waals surface area contributed by atoms with Crippen LogP contribution in [0.5, 0.6) is 11.5 Å². The van der Waals surface area contributed by atoms with Crippen LogP contribution in [-0.2, 0) is 19.7 Å². The monoisotopic (exact) mass is 381 g/mol. The zero-order valence-electron chi connectivity index (χ0n) is 15.7. The standard InChI is InChI=1S/C23H24ClNO2/c1-17-8-10-18(11-9-17)14-25-15-20-12-21(24)23(22(13-20)26-2)27-16-19-6-4-3-5-7-19/h3-13,25H,14-16H2,1-2H3. The van der Waals surface area contributed by atoms with E-state index >= 15 is 0 Å². The zero-order chi connectivity index (χ0) is 19.1. The summed E-state index contributed by atoms with van der Waals surface area (Å²) in [5, 5.41) is 3.99. The van der Waals surface area contributed by atoms with E-state index in [1.54, 1.807) is 7.11 Å². The van der Waals surface area contributed by atoms with Crippen molar-refractivity contribution in [1.82, 2.24) is 5.32 Å². The maximum atomic E-state index is 6.46. The van der Waals surface area contributed by atoms with Crippen LogP contribution >= 0.6 is 11.6 Å². The Morgan fingerprint density at radius 2 is 1.56 bits per heavy atom. The molecule has 0 radical (unpaired) electrons. The summed E-state index contributed by atoms with van der Waals surface area (Å²) in [6.07, 6.45) is 0. The fourth-order valence-electron chi connectivity index (χ4n) is 2.80. The smallest absolute Gasteiger partial charge is 0.180 e. The quantitative estimate of drug-likeness (QED) is 0.556. The molecule has 0 aliphatic rings. The van der Waals surface area contributed by atoms with Crippen LogP contribution in [0.15, 0.2) is 66.7 Å². The van der Waals surface area contributed by atoms with Crippen LogP contribution < -0.4 is 14.8 Å². The fraction of sp³-hybridized carbons (Fsp3) is 0.217. The van der Waals surface area contributed by atoms with Gasteiger partial charge in [-0.15, -0.1) is 0 Å². The van der Waals surface area contributed by atoms with E-state index in [-0.39, 0.29) is 0 Å². The van der Waals surface area contributed by atoms with Crippen molar-refractivity contribution < 1.29 is 9.47 Å². The van der Waals surface area contributed by atoms with Gasteiger partial charge in [-0.3, -0.25) is 0 Å². The van der Waals surface area contributed by atoms with Crippen LogP contribution in [0, 0.1) is 6.92 Å². The van der Waals surface area contributed by atoms with Gasteiger partial charge >= 0.3 is 0 Å². The molecule has 3 aromatic carbocycles. The molecule has 3 nitrogen and oxygen atoms in total. The molecular weight excluding hydrogens is 358 g/mol. The van der Waals surface area contributed by atoms with Crippen molar-refractivity contribution in [3.8, 4) is 11.5 Å². The lowest BCUT2D eigenvalue weighted by Gasteiger charge is -2.15. The molecule has 3 aromatic rings. The van der Waals surface area contributed by atoms with Crippen molar-refractivity contribution >= 4 is 11.6 Å². The van der Waals surface area contributed by atoms with Crippen molar-refractivity contribution in [2.45, 2.75) is 26.6 Å². The molecule has 0 atom stereocenters. The van der Waals surface area contributed by atoms with Crippen LogP contribution in [0.3, 0.4) is 0 Å². The molecule has 3 rings (SSSR count). The second-order valence-corrected chi connectivity index (χ2v) is 6.88. The SMILES string of the molecule is COc1cc(CNCc2ccc(C)cc2)cc(Cl)c1OCc1ccccc1. The molecule has 0 heterocycles. The molecule has 4 heteroatoms. The Labute approximate surface area is 165 Å². The van der Waals surface area contributed by atoms with E-state index in [1.165, 1.54) is 11.1 Å². The predicted octanol–water partition coefficient (Wildman–Crippen LogP) is 5.53. The van der Waals surface area contributed by atoms with Crippen LogP contribution in [0.25, 0.3) is 0 Å². The summed E-state index contributed by atoms with van der Waals surface area (Å²) in [5.74, 6) is 1.22. The number of ether oxygens (including phenoxy) is 2. The van der Waals surface area contributed by atoms with Gasteiger partial charge in [0, 0.05) is 13.1 Å². The van der Waals surface area contributed by atoms with E-state index in [9.17, 15) is 0 Å². The Balaban J connectivity index is 1.63. The Kier molecular flexibility index (Phi) is 6.74. The maximum Gasteiger partial charge on any atom is 0.180 e. The highest BCUT2D eigenvalue weighted by Gasteiger charge is 2.12. The molecule has 0 saturated carbocycles. The van der Waals surface area contributed by atoms with Crippen LogP contribution in [0.4, 0.5) is 0 Å². The average Bonchev–Trinajstić information content (AvgIpc) is 2.69. The molecule has 0 saturated heterocycles. The number of benzene rings is 3. The maximum absolute atomic E-state index is 6.46. The Morgan fingerprint density at radius 1 is 0.852 bits per heavy atom. The molecule has 0 aliphatic heterocycles. The second-order valence-electron chi connectivity index (χ2n) is 6.47. The van der Waals surface area contributed by atoms with Crippen LogP contribution in [0.2, 0.25) is 5.02 Å². The third-order valence-corrected chi connectivity index (χ3v) is 4.57. The molecule has 140 valence electrons. The van der Waals surface area contributed by atoms with Gasteiger partial charge in [0.05, 0.1) is 12.1 Å². The van der Waals surface area contributed by atoms with Gasteiger partial charge in [-0.05, 0) is 35.7 Å². The Bertz CT molecular complexity index is 864. The minimum absolute atomic E-state index is 0.446. The van der Waals surface area contributed by atoms with Crippen LogP contribution in [0.1, 0.15) is 22.3 Å². The molecule has 27 heavy (non-hydrogen) atoms. The van der Waals surface area contributed by atoms with E-state index < -0.39 is 0 Å². The number of nitrogens with one attached hydrogen (secondary N) is 1. The topological polar surface area (TPSA) is 30.5 Å². The van der Waals surface area contributed by atoms with E-state index in [0.29, 0.717) is 29.7 Å². The highest BCUT2D eigenvalue weighted by atomic mass is 35.5. The highest BCUT2D eigenvalue weighted by molar-refractivity contribution is 6.32. The number of methoxy groups -OCH3 is 1. The lowest BCUT2D eigenvalue weighted by atomic mass is 10.1. The molecule has 0 bridgehead atoms. The van der Waals surface area contributed by atoms with E-state index in [0.717, 1.165) is 17.7 Å². The van der Waals surface area contributed by atoms with E-state index in [1.807, 2.05) is 42.5 Å². The molecule has 0 aliphatic carbocycles.